The molecular weight excluding hydrogens is 308 g/mol. The second-order valence-electron chi connectivity index (χ2n) is 7.14. The highest BCUT2D eigenvalue weighted by atomic mass is 32.2. The summed E-state index contributed by atoms with van der Waals surface area (Å²) >= 11 is 6.99. The van der Waals surface area contributed by atoms with Crippen molar-refractivity contribution in [1.82, 2.24) is 0 Å². The molecule has 0 saturated heterocycles. The molecule has 0 atom stereocenters. The number of ether oxygens (including phenoxy) is 1. The van der Waals surface area contributed by atoms with Gasteiger partial charge in [0.1, 0.15) is 0 Å². The average molecular weight is 347 g/mol. The van der Waals surface area contributed by atoms with Gasteiger partial charge >= 0.3 is 0 Å². The van der Waals surface area contributed by atoms with E-state index in [0.29, 0.717) is 0 Å². The third-order valence-corrected chi connectivity index (χ3v) is 5.11. The molecule has 0 aliphatic heterocycles. The zero-order valence-corrected chi connectivity index (χ0v) is 17.0. The molecule has 0 fully saturated rings. The van der Waals surface area contributed by atoms with Gasteiger partial charge in [-0.05, 0) is 36.9 Å². The molecule has 0 radical (unpaired) electrons. The normalized spacial score (nSPS) is 11.4. The van der Waals surface area contributed by atoms with E-state index in [1.54, 1.807) is 11.8 Å². The molecule has 132 valence electrons. The molecule has 0 spiro atoms. The molecule has 0 aromatic heterocycles. The van der Waals surface area contributed by atoms with Crippen LogP contribution in [0.5, 0.6) is 0 Å². The fraction of sp³-hybridized carbons (Fsp3) is 0.947. The van der Waals surface area contributed by atoms with Crippen LogP contribution in [0.15, 0.2) is 0 Å². The van der Waals surface area contributed by atoms with Crippen LogP contribution in [0.4, 0.5) is 0 Å². The van der Waals surface area contributed by atoms with Crippen LogP contribution >= 0.6 is 24.0 Å². The summed E-state index contributed by atoms with van der Waals surface area (Å²) in [6.45, 7) is 10.0. The van der Waals surface area contributed by atoms with E-state index in [1.807, 2.05) is 0 Å². The Morgan fingerprint density at radius 3 is 1.82 bits per heavy atom. The molecule has 0 aromatic rings. The van der Waals surface area contributed by atoms with Gasteiger partial charge in [0.05, 0.1) is 6.61 Å². The van der Waals surface area contributed by atoms with Gasteiger partial charge in [0.15, 0.2) is 0 Å². The number of rotatable bonds is 14. The maximum atomic E-state index is 5.62. The SMILES string of the molecule is CC(C)CCCCCCOC(=S)SCCCCCCC(C)C. The molecule has 1 nitrogen and oxygen atoms in total. The summed E-state index contributed by atoms with van der Waals surface area (Å²) in [5, 5.41) is 0. The monoisotopic (exact) mass is 346 g/mol. The minimum Gasteiger partial charge on any atom is -0.479 e. The van der Waals surface area contributed by atoms with Gasteiger partial charge < -0.3 is 4.74 Å². The molecule has 0 heterocycles. The summed E-state index contributed by atoms with van der Waals surface area (Å²) in [6, 6.07) is 0. The second-order valence-corrected chi connectivity index (χ2v) is 8.84. The predicted molar refractivity (Wildman–Crippen MR) is 107 cm³/mol. The fourth-order valence-corrected chi connectivity index (χ4v) is 3.38. The van der Waals surface area contributed by atoms with Crippen LogP contribution in [0.3, 0.4) is 0 Å². The summed E-state index contributed by atoms with van der Waals surface area (Å²) in [5.41, 5.74) is 0. The summed E-state index contributed by atoms with van der Waals surface area (Å²) in [7, 11) is 0. The van der Waals surface area contributed by atoms with Gasteiger partial charge in [-0.3, -0.25) is 0 Å². The number of thiocarbonyl (C=S) groups is 1. The van der Waals surface area contributed by atoms with Crippen molar-refractivity contribution in [3.63, 3.8) is 0 Å². The van der Waals surface area contributed by atoms with Crippen molar-refractivity contribution in [2.45, 2.75) is 91.9 Å². The minimum atomic E-state index is 0.754. The number of unbranched alkanes of at least 4 members (excludes halogenated alkanes) is 6. The first kappa shape index (κ1) is 22.2. The fourth-order valence-electron chi connectivity index (χ4n) is 2.37. The first-order chi connectivity index (χ1) is 10.5. The zero-order chi connectivity index (χ0) is 16.6. The van der Waals surface area contributed by atoms with Crippen LogP contribution in [0.25, 0.3) is 0 Å². The summed E-state index contributed by atoms with van der Waals surface area (Å²) in [4.78, 5) is 0. The van der Waals surface area contributed by atoms with E-state index in [1.165, 1.54) is 57.8 Å². The Hall–Kier alpha value is 0.240. The van der Waals surface area contributed by atoms with Gasteiger partial charge in [-0.2, -0.15) is 0 Å². The lowest BCUT2D eigenvalue weighted by atomic mass is 10.0. The van der Waals surface area contributed by atoms with E-state index in [-0.39, 0.29) is 0 Å². The van der Waals surface area contributed by atoms with Gasteiger partial charge in [-0.1, -0.05) is 90.8 Å². The molecule has 3 heteroatoms. The first-order valence-electron chi connectivity index (χ1n) is 9.32. The van der Waals surface area contributed by atoms with Crippen molar-refractivity contribution >= 4 is 28.4 Å². The van der Waals surface area contributed by atoms with Crippen LogP contribution in [-0.4, -0.2) is 16.7 Å². The van der Waals surface area contributed by atoms with Gasteiger partial charge in [0, 0.05) is 5.75 Å². The molecule has 0 unspecified atom stereocenters. The molecule has 0 amide bonds. The van der Waals surface area contributed by atoms with Crippen molar-refractivity contribution in [3.8, 4) is 0 Å². The van der Waals surface area contributed by atoms with Crippen molar-refractivity contribution in [1.29, 1.82) is 0 Å². The van der Waals surface area contributed by atoms with E-state index in [2.05, 4.69) is 27.7 Å². The Kier molecular flexibility index (Phi) is 16.3. The number of hydrogen-bond acceptors (Lipinski definition) is 3. The Bertz CT molecular complexity index is 228. The summed E-state index contributed by atoms with van der Waals surface area (Å²) < 4.78 is 6.38. The van der Waals surface area contributed by atoms with Gasteiger partial charge in [0.25, 0.3) is 0 Å². The van der Waals surface area contributed by atoms with Gasteiger partial charge in [-0.25, -0.2) is 0 Å². The van der Waals surface area contributed by atoms with Crippen LogP contribution in [0, 0.1) is 11.8 Å². The van der Waals surface area contributed by atoms with Crippen LogP contribution in [0.1, 0.15) is 91.9 Å². The smallest absolute Gasteiger partial charge is 0.219 e. The molecule has 0 N–H and O–H groups in total. The largest absolute Gasteiger partial charge is 0.479 e. The third kappa shape index (κ3) is 18.3. The van der Waals surface area contributed by atoms with E-state index in [0.717, 1.165) is 35.0 Å². The number of hydrogen-bond donors (Lipinski definition) is 0. The molecule has 0 bridgehead atoms. The first-order valence-corrected chi connectivity index (χ1v) is 10.7. The molecule has 22 heavy (non-hydrogen) atoms. The Morgan fingerprint density at radius 2 is 1.27 bits per heavy atom. The molecular formula is C19H38OS2. The Labute approximate surface area is 149 Å². The van der Waals surface area contributed by atoms with Crippen molar-refractivity contribution < 1.29 is 4.74 Å². The quantitative estimate of drug-likeness (QED) is 0.242. The van der Waals surface area contributed by atoms with Crippen molar-refractivity contribution in [2.24, 2.45) is 11.8 Å². The summed E-state index contributed by atoms with van der Waals surface area (Å²) in [5.74, 6) is 2.81. The lowest BCUT2D eigenvalue weighted by Crippen LogP contribution is -2.00. The average Bonchev–Trinajstić information content (AvgIpc) is 2.44. The Morgan fingerprint density at radius 1 is 0.773 bits per heavy atom. The van der Waals surface area contributed by atoms with Gasteiger partial charge in [-0.15, -0.1) is 0 Å². The van der Waals surface area contributed by atoms with Crippen LogP contribution in [0.2, 0.25) is 0 Å². The van der Waals surface area contributed by atoms with E-state index in [4.69, 9.17) is 17.0 Å². The molecule has 0 aliphatic carbocycles. The second kappa shape index (κ2) is 16.1. The highest BCUT2D eigenvalue weighted by Gasteiger charge is 2.00. The van der Waals surface area contributed by atoms with Crippen LogP contribution in [-0.2, 0) is 4.74 Å². The maximum absolute atomic E-state index is 5.62. The lowest BCUT2D eigenvalue weighted by molar-refractivity contribution is 0.307. The zero-order valence-electron chi connectivity index (χ0n) is 15.4. The van der Waals surface area contributed by atoms with Crippen LogP contribution < -0.4 is 0 Å². The predicted octanol–water partition coefficient (Wildman–Crippen LogP) is 7.23. The van der Waals surface area contributed by atoms with E-state index in [9.17, 15) is 0 Å². The van der Waals surface area contributed by atoms with Crippen molar-refractivity contribution in [3.05, 3.63) is 0 Å². The Balaban J connectivity index is 3.20. The summed E-state index contributed by atoms with van der Waals surface area (Å²) in [6.07, 6.45) is 13.2. The minimum absolute atomic E-state index is 0.754. The van der Waals surface area contributed by atoms with Gasteiger partial charge in [0.2, 0.25) is 4.38 Å². The number of thioether (sulfide) groups is 1. The topological polar surface area (TPSA) is 9.23 Å². The molecule has 0 aromatic carbocycles. The highest BCUT2D eigenvalue weighted by Crippen LogP contribution is 2.14. The molecule has 0 aliphatic rings. The van der Waals surface area contributed by atoms with E-state index < -0.39 is 0 Å². The molecule has 0 saturated carbocycles. The maximum Gasteiger partial charge on any atom is 0.219 e. The van der Waals surface area contributed by atoms with E-state index >= 15 is 0 Å². The molecule has 0 rings (SSSR count). The van der Waals surface area contributed by atoms with Crippen molar-refractivity contribution in [2.75, 3.05) is 12.4 Å². The highest BCUT2D eigenvalue weighted by molar-refractivity contribution is 8.22. The third-order valence-electron chi connectivity index (χ3n) is 3.79. The lowest BCUT2D eigenvalue weighted by Gasteiger charge is -2.08. The standard InChI is InChI=1S/C19H38OS2/c1-17(2)13-9-5-7-11-15-20-19(21)22-16-12-8-6-10-14-18(3)4/h17-18H,5-16H2,1-4H3.